The van der Waals surface area contributed by atoms with Crippen molar-refractivity contribution in [3.8, 4) is 28.5 Å². The van der Waals surface area contributed by atoms with Gasteiger partial charge in [-0.25, -0.2) is 4.98 Å². The van der Waals surface area contributed by atoms with Crippen molar-refractivity contribution < 1.29 is 9.53 Å². The first-order valence-corrected chi connectivity index (χ1v) is 11.4. The van der Waals surface area contributed by atoms with E-state index >= 15 is 0 Å². The average molecular weight is 451 g/mol. The van der Waals surface area contributed by atoms with Gasteiger partial charge in [0, 0.05) is 37.5 Å². The van der Waals surface area contributed by atoms with Crippen molar-refractivity contribution in [2.75, 3.05) is 20.2 Å². The Labute approximate surface area is 199 Å². The van der Waals surface area contributed by atoms with Crippen molar-refractivity contribution in [3.05, 3.63) is 84.2 Å². The molecule has 0 saturated carbocycles. The fraction of sp³-hybridized carbons (Fsp3) is 0.250. The van der Waals surface area contributed by atoms with E-state index in [1.165, 1.54) is 0 Å². The molecule has 0 unspecified atom stereocenters. The first kappa shape index (κ1) is 21.9. The lowest BCUT2D eigenvalue weighted by molar-refractivity contribution is -0.0379. The number of nitriles is 1. The van der Waals surface area contributed by atoms with Crippen molar-refractivity contribution >= 4 is 11.6 Å². The summed E-state index contributed by atoms with van der Waals surface area (Å²) in [6.45, 7) is 3.52. The fourth-order valence-electron chi connectivity index (χ4n) is 4.46. The molecule has 0 N–H and O–H groups in total. The Morgan fingerprint density at radius 2 is 1.62 bits per heavy atom. The third-order valence-corrected chi connectivity index (χ3v) is 6.88. The van der Waals surface area contributed by atoms with Crippen molar-refractivity contribution in [2.24, 2.45) is 0 Å². The molecule has 0 bridgehead atoms. The highest BCUT2D eigenvalue weighted by molar-refractivity contribution is 5.94. The summed E-state index contributed by atoms with van der Waals surface area (Å²) in [5, 5.41) is 9.06. The Hall–Kier alpha value is -3.95. The van der Waals surface area contributed by atoms with E-state index in [-0.39, 0.29) is 11.5 Å². The van der Waals surface area contributed by atoms with Gasteiger partial charge in [0.25, 0.3) is 5.91 Å². The van der Waals surface area contributed by atoms with Gasteiger partial charge in [-0.05, 0) is 67.3 Å². The predicted molar refractivity (Wildman–Crippen MR) is 131 cm³/mol. The third kappa shape index (κ3) is 4.07. The normalized spacial score (nSPS) is 15.3. The minimum atomic E-state index is -0.136. The van der Waals surface area contributed by atoms with Crippen LogP contribution in [0, 0.1) is 11.3 Å². The monoisotopic (exact) mass is 450 g/mol. The van der Waals surface area contributed by atoms with Crippen LogP contribution in [0.4, 0.5) is 0 Å². The van der Waals surface area contributed by atoms with Gasteiger partial charge in [-0.2, -0.15) is 5.26 Å². The van der Waals surface area contributed by atoms with Gasteiger partial charge in [0.2, 0.25) is 0 Å². The van der Waals surface area contributed by atoms with E-state index in [4.69, 9.17) is 10.00 Å². The summed E-state index contributed by atoms with van der Waals surface area (Å²) in [4.78, 5) is 19.4. The molecule has 1 amide bonds. The second kappa shape index (κ2) is 8.77. The summed E-state index contributed by atoms with van der Waals surface area (Å²) in [7, 11) is 1.74. The summed E-state index contributed by atoms with van der Waals surface area (Å²) in [6.07, 6.45) is 5.60. The fourth-order valence-corrected chi connectivity index (χ4v) is 4.46. The molecule has 5 rings (SSSR count). The molecule has 0 atom stereocenters. The number of piperidine rings is 1. The standard InChI is InChI=1S/C28H26N4O2/c1-28(34-2)13-15-31(16-14-28)27(33)23-9-7-21(8-10-23)24-11-12-26-30-18-25(32(26)19-24)22-5-3-20(17-29)4-6-22/h3-12,18-19H,13-16H2,1-2H3. The van der Waals surface area contributed by atoms with Gasteiger partial charge in [0.15, 0.2) is 0 Å². The summed E-state index contributed by atoms with van der Waals surface area (Å²) in [5.41, 5.74) is 6.07. The van der Waals surface area contributed by atoms with E-state index < -0.39 is 0 Å². The molecular weight excluding hydrogens is 424 g/mol. The summed E-state index contributed by atoms with van der Waals surface area (Å²) >= 11 is 0. The van der Waals surface area contributed by atoms with Gasteiger partial charge >= 0.3 is 0 Å². The molecule has 1 aliphatic heterocycles. The number of hydrogen-bond donors (Lipinski definition) is 0. The zero-order chi connectivity index (χ0) is 23.7. The molecule has 34 heavy (non-hydrogen) atoms. The molecule has 2 aromatic carbocycles. The van der Waals surface area contributed by atoms with Crippen LogP contribution < -0.4 is 0 Å². The molecule has 6 nitrogen and oxygen atoms in total. The molecule has 2 aromatic heterocycles. The van der Waals surface area contributed by atoms with Crippen LogP contribution in [0.3, 0.4) is 0 Å². The third-order valence-electron chi connectivity index (χ3n) is 6.88. The highest BCUT2D eigenvalue weighted by Gasteiger charge is 2.31. The number of ether oxygens (including phenoxy) is 1. The first-order valence-electron chi connectivity index (χ1n) is 11.4. The molecule has 4 aromatic rings. The van der Waals surface area contributed by atoms with E-state index in [1.54, 1.807) is 7.11 Å². The van der Waals surface area contributed by atoms with Crippen LogP contribution in [-0.4, -0.2) is 46.0 Å². The lowest BCUT2D eigenvalue weighted by Gasteiger charge is -2.38. The van der Waals surface area contributed by atoms with Crippen molar-refractivity contribution in [1.82, 2.24) is 14.3 Å². The number of fused-ring (bicyclic) bond motifs is 1. The van der Waals surface area contributed by atoms with E-state index in [9.17, 15) is 4.79 Å². The van der Waals surface area contributed by atoms with Crippen LogP contribution in [0.25, 0.3) is 28.0 Å². The number of aromatic nitrogens is 2. The molecule has 6 heteroatoms. The molecule has 1 saturated heterocycles. The number of likely N-dealkylation sites (tertiary alicyclic amines) is 1. The number of rotatable bonds is 4. The van der Waals surface area contributed by atoms with Crippen molar-refractivity contribution in [1.29, 1.82) is 5.26 Å². The first-order chi connectivity index (χ1) is 16.5. The molecule has 170 valence electrons. The van der Waals surface area contributed by atoms with Crippen LogP contribution in [0.5, 0.6) is 0 Å². The lowest BCUT2D eigenvalue weighted by atomic mass is 9.93. The second-order valence-electron chi connectivity index (χ2n) is 9.00. The molecule has 1 fully saturated rings. The van der Waals surface area contributed by atoms with Crippen LogP contribution >= 0.6 is 0 Å². The highest BCUT2D eigenvalue weighted by Crippen LogP contribution is 2.28. The van der Waals surface area contributed by atoms with Crippen LogP contribution in [0.2, 0.25) is 0 Å². The van der Waals surface area contributed by atoms with Crippen LogP contribution in [0.15, 0.2) is 73.1 Å². The van der Waals surface area contributed by atoms with E-state index in [2.05, 4.69) is 28.6 Å². The number of hydrogen-bond acceptors (Lipinski definition) is 4. The number of carbonyl (C=O) groups is 1. The van der Waals surface area contributed by atoms with Crippen LogP contribution in [-0.2, 0) is 4.74 Å². The van der Waals surface area contributed by atoms with E-state index in [0.717, 1.165) is 40.9 Å². The van der Waals surface area contributed by atoms with Crippen molar-refractivity contribution in [3.63, 3.8) is 0 Å². The summed E-state index contributed by atoms with van der Waals surface area (Å²) in [6, 6.07) is 21.5. The molecule has 0 aliphatic carbocycles. The Morgan fingerprint density at radius 1 is 0.971 bits per heavy atom. The SMILES string of the molecule is COC1(C)CCN(C(=O)c2ccc(-c3ccc4ncc(-c5ccc(C#N)cc5)n4c3)cc2)CC1. The van der Waals surface area contributed by atoms with E-state index in [0.29, 0.717) is 24.2 Å². The lowest BCUT2D eigenvalue weighted by Crippen LogP contribution is -2.46. The summed E-state index contributed by atoms with van der Waals surface area (Å²) in [5.74, 6) is 0.0675. The number of amides is 1. The number of benzene rings is 2. The molecule has 0 radical (unpaired) electrons. The van der Waals surface area contributed by atoms with E-state index in [1.807, 2.05) is 71.8 Å². The van der Waals surface area contributed by atoms with Gasteiger partial charge in [-0.15, -0.1) is 0 Å². The minimum absolute atomic E-state index is 0.0675. The topological polar surface area (TPSA) is 70.6 Å². The smallest absolute Gasteiger partial charge is 0.253 e. The maximum atomic E-state index is 13.0. The summed E-state index contributed by atoms with van der Waals surface area (Å²) < 4.78 is 7.64. The molecule has 1 aliphatic rings. The number of carbonyl (C=O) groups excluding carboxylic acids is 1. The second-order valence-corrected chi connectivity index (χ2v) is 9.00. The largest absolute Gasteiger partial charge is 0.378 e. The molecular formula is C28H26N4O2. The quantitative estimate of drug-likeness (QED) is 0.429. The Balaban J connectivity index is 1.38. The number of methoxy groups -OCH3 is 1. The predicted octanol–water partition coefficient (Wildman–Crippen LogP) is 5.18. The van der Waals surface area contributed by atoms with Crippen LogP contribution in [0.1, 0.15) is 35.7 Å². The van der Waals surface area contributed by atoms with Gasteiger partial charge < -0.3 is 9.64 Å². The minimum Gasteiger partial charge on any atom is -0.378 e. The maximum absolute atomic E-state index is 13.0. The van der Waals surface area contributed by atoms with Gasteiger partial charge in [-0.3, -0.25) is 9.20 Å². The molecule has 0 spiro atoms. The number of imidazole rings is 1. The number of nitrogens with zero attached hydrogens (tertiary/aromatic N) is 4. The zero-order valence-corrected chi connectivity index (χ0v) is 19.4. The van der Waals surface area contributed by atoms with Gasteiger partial charge in [-0.1, -0.05) is 24.3 Å². The Bertz CT molecular complexity index is 1370. The van der Waals surface area contributed by atoms with Gasteiger partial charge in [0.1, 0.15) is 5.65 Å². The van der Waals surface area contributed by atoms with Crippen molar-refractivity contribution in [2.45, 2.75) is 25.4 Å². The average Bonchev–Trinajstić information content (AvgIpc) is 3.32. The zero-order valence-electron chi connectivity index (χ0n) is 19.4. The number of pyridine rings is 1. The van der Waals surface area contributed by atoms with Gasteiger partial charge in [0.05, 0.1) is 29.1 Å². The Kier molecular flexibility index (Phi) is 5.64. The molecule has 3 heterocycles. The highest BCUT2D eigenvalue weighted by atomic mass is 16.5. The Morgan fingerprint density at radius 3 is 2.26 bits per heavy atom. The maximum Gasteiger partial charge on any atom is 0.253 e.